The summed E-state index contributed by atoms with van der Waals surface area (Å²) < 4.78 is 16.7. The summed E-state index contributed by atoms with van der Waals surface area (Å²) in [5.74, 6) is 0.640. The Morgan fingerprint density at radius 3 is 2.36 bits per heavy atom. The van der Waals surface area contributed by atoms with Gasteiger partial charge in [-0.05, 0) is 86.2 Å². The van der Waals surface area contributed by atoms with E-state index in [4.69, 9.17) is 60.6 Å². The van der Waals surface area contributed by atoms with Crippen molar-refractivity contribution >= 4 is 58.3 Å². The highest BCUT2D eigenvalue weighted by Crippen LogP contribution is 2.39. The van der Waals surface area contributed by atoms with Crippen LogP contribution < -0.4 is 20.1 Å². The molecule has 0 heterocycles. The van der Waals surface area contributed by atoms with Crippen LogP contribution in [0.15, 0.2) is 54.6 Å². The van der Waals surface area contributed by atoms with Gasteiger partial charge in [-0.1, -0.05) is 70.7 Å². The maximum atomic E-state index is 13.3. The van der Waals surface area contributed by atoms with Gasteiger partial charge in [0.25, 0.3) is 0 Å². The Hall–Kier alpha value is -2.68. The van der Waals surface area contributed by atoms with Gasteiger partial charge in [-0.2, -0.15) is 0 Å². The lowest BCUT2D eigenvalue weighted by Gasteiger charge is -2.19. The lowest BCUT2D eigenvalue weighted by atomic mass is 9.98. The molecule has 0 saturated heterocycles. The van der Waals surface area contributed by atoms with Crippen LogP contribution in [0, 0.1) is 24.7 Å². The zero-order valence-corrected chi connectivity index (χ0v) is 27.7. The third-order valence-electron chi connectivity index (χ3n) is 7.31. The fourth-order valence-corrected chi connectivity index (χ4v) is 5.95. The number of rotatable bonds is 16. The Morgan fingerprint density at radius 1 is 0.955 bits per heavy atom. The fourth-order valence-electron chi connectivity index (χ4n) is 4.86. The molecule has 1 saturated carbocycles. The maximum absolute atomic E-state index is 13.3. The molecular weight excluding hydrogens is 646 g/mol. The minimum Gasteiger partial charge on any atom is -0.490 e. The van der Waals surface area contributed by atoms with Crippen LogP contribution in [0.4, 0.5) is 0 Å². The number of hydrogen-bond donors (Lipinski definition) is 2. The number of amides is 1. The molecule has 1 amide bonds. The van der Waals surface area contributed by atoms with Crippen molar-refractivity contribution in [3.63, 3.8) is 0 Å². The second kappa shape index (κ2) is 16.6. The summed E-state index contributed by atoms with van der Waals surface area (Å²) in [5.41, 5.74) is 2.67. The van der Waals surface area contributed by atoms with Crippen molar-refractivity contribution in [2.45, 2.75) is 33.2 Å². The van der Waals surface area contributed by atoms with Crippen LogP contribution in [0.5, 0.6) is 11.5 Å². The number of ether oxygens (including phenoxy) is 3. The first-order valence-corrected chi connectivity index (χ1v) is 16.1. The molecule has 0 radical (unpaired) electrons. The van der Waals surface area contributed by atoms with Gasteiger partial charge in [-0.25, -0.2) is 0 Å². The van der Waals surface area contributed by atoms with E-state index in [1.165, 1.54) is 0 Å². The molecule has 0 aliphatic heterocycles. The Kier molecular flexibility index (Phi) is 12.9. The average molecular weight is 682 g/mol. The molecule has 1 fully saturated rings. The van der Waals surface area contributed by atoms with Gasteiger partial charge in [0, 0.05) is 13.1 Å². The third kappa shape index (κ3) is 9.91. The SMILES string of the molecule is CCOC(=O)C1CC1CNCC(Cc1ccc(OCCOc2c(Cl)cc(C)cc2Cl)cc1)C(=O)NCc1cccc(Cl)c1Cl. The van der Waals surface area contributed by atoms with Crippen molar-refractivity contribution in [1.82, 2.24) is 10.6 Å². The van der Waals surface area contributed by atoms with Gasteiger partial charge in [-0.15, -0.1) is 0 Å². The van der Waals surface area contributed by atoms with Crippen LogP contribution in [0.2, 0.25) is 20.1 Å². The fraction of sp³-hybridized carbons (Fsp3) is 0.394. The number of esters is 1. The molecule has 3 aromatic carbocycles. The average Bonchev–Trinajstić information content (AvgIpc) is 3.77. The topological polar surface area (TPSA) is 85.9 Å². The number of benzene rings is 3. The molecule has 4 rings (SSSR count). The second-order valence-corrected chi connectivity index (χ2v) is 12.3. The summed E-state index contributed by atoms with van der Waals surface area (Å²) >= 11 is 24.9. The third-order valence-corrected chi connectivity index (χ3v) is 8.73. The van der Waals surface area contributed by atoms with E-state index >= 15 is 0 Å². The van der Waals surface area contributed by atoms with E-state index in [2.05, 4.69) is 10.6 Å². The first-order chi connectivity index (χ1) is 21.2. The Balaban J connectivity index is 1.30. The van der Waals surface area contributed by atoms with Crippen LogP contribution in [-0.4, -0.2) is 44.8 Å². The largest absolute Gasteiger partial charge is 0.490 e. The van der Waals surface area contributed by atoms with Crippen molar-refractivity contribution in [2.24, 2.45) is 17.8 Å². The minimum atomic E-state index is -0.364. The number of aryl methyl sites for hydroxylation is 1. The molecule has 1 aliphatic carbocycles. The summed E-state index contributed by atoms with van der Waals surface area (Å²) in [6.07, 6.45) is 1.30. The second-order valence-electron chi connectivity index (χ2n) is 10.7. The van der Waals surface area contributed by atoms with Crippen molar-refractivity contribution in [2.75, 3.05) is 32.9 Å². The Morgan fingerprint density at radius 2 is 1.66 bits per heavy atom. The lowest BCUT2D eigenvalue weighted by molar-refractivity contribution is -0.145. The highest BCUT2D eigenvalue weighted by molar-refractivity contribution is 6.42. The van der Waals surface area contributed by atoms with E-state index in [1.807, 2.05) is 37.3 Å². The molecule has 3 unspecified atom stereocenters. The molecule has 7 nitrogen and oxygen atoms in total. The number of hydrogen-bond acceptors (Lipinski definition) is 6. The van der Waals surface area contributed by atoms with Crippen molar-refractivity contribution in [1.29, 1.82) is 0 Å². The molecule has 11 heteroatoms. The highest BCUT2D eigenvalue weighted by atomic mass is 35.5. The van der Waals surface area contributed by atoms with E-state index in [0.717, 1.165) is 23.1 Å². The molecule has 44 heavy (non-hydrogen) atoms. The molecule has 3 atom stereocenters. The van der Waals surface area contributed by atoms with Gasteiger partial charge < -0.3 is 24.8 Å². The number of carbonyl (C=O) groups is 2. The Labute approximate surface area is 278 Å². The van der Waals surface area contributed by atoms with Gasteiger partial charge in [0.2, 0.25) is 5.91 Å². The lowest BCUT2D eigenvalue weighted by Crippen LogP contribution is -2.38. The molecule has 1 aliphatic rings. The van der Waals surface area contributed by atoms with Crippen LogP contribution in [0.25, 0.3) is 0 Å². The smallest absolute Gasteiger partial charge is 0.309 e. The highest BCUT2D eigenvalue weighted by Gasteiger charge is 2.43. The predicted octanol–water partition coefficient (Wildman–Crippen LogP) is 7.33. The van der Waals surface area contributed by atoms with Crippen LogP contribution in [0.1, 0.15) is 30.0 Å². The van der Waals surface area contributed by atoms with Gasteiger partial charge in [-0.3, -0.25) is 9.59 Å². The van der Waals surface area contributed by atoms with E-state index < -0.39 is 0 Å². The van der Waals surface area contributed by atoms with Crippen molar-refractivity contribution in [3.8, 4) is 11.5 Å². The van der Waals surface area contributed by atoms with Crippen LogP contribution >= 0.6 is 46.4 Å². The quantitative estimate of drug-likeness (QED) is 0.122. The van der Waals surface area contributed by atoms with Gasteiger partial charge in [0.15, 0.2) is 5.75 Å². The summed E-state index contributed by atoms with van der Waals surface area (Å²) in [7, 11) is 0. The summed E-state index contributed by atoms with van der Waals surface area (Å²) in [5, 5.41) is 8.17. The van der Waals surface area contributed by atoms with E-state index in [-0.39, 0.29) is 42.8 Å². The molecule has 2 N–H and O–H groups in total. The monoisotopic (exact) mass is 680 g/mol. The maximum Gasteiger partial charge on any atom is 0.309 e. The van der Waals surface area contributed by atoms with E-state index in [1.54, 1.807) is 31.2 Å². The van der Waals surface area contributed by atoms with Crippen LogP contribution in [-0.2, 0) is 27.3 Å². The number of nitrogens with one attached hydrogen (secondary N) is 2. The number of carbonyl (C=O) groups excluding carboxylic acids is 2. The van der Waals surface area contributed by atoms with Crippen molar-refractivity contribution in [3.05, 3.63) is 91.4 Å². The molecule has 3 aromatic rings. The normalized spacial score (nSPS) is 16.2. The molecular formula is C33H36Cl4N2O5. The first-order valence-electron chi connectivity index (χ1n) is 14.5. The first kappa shape index (κ1) is 34.2. The summed E-state index contributed by atoms with van der Waals surface area (Å²) in [6, 6.07) is 16.5. The molecule has 236 valence electrons. The zero-order valence-electron chi connectivity index (χ0n) is 24.6. The molecule has 0 aromatic heterocycles. The van der Waals surface area contributed by atoms with E-state index in [0.29, 0.717) is 64.3 Å². The van der Waals surface area contributed by atoms with Gasteiger partial charge in [0.05, 0.1) is 38.5 Å². The zero-order chi connectivity index (χ0) is 31.6. The predicted molar refractivity (Wildman–Crippen MR) is 175 cm³/mol. The standard InChI is InChI=1S/C33H36Cl4N2O5/c1-3-42-33(41)26-16-23(26)17-38-18-24(32(40)39-19-22-5-4-6-27(34)30(22)37)15-21-7-9-25(10-8-21)43-11-12-44-31-28(35)13-20(2)14-29(31)36/h4-10,13-14,23-24,26,38H,3,11-12,15-19H2,1-2H3,(H,39,40). The van der Waals surface area contributed by atoms with Crippen LogP contribution in [0.3, 0.4) is 0 Å². The van der Waals surface area contributed by atoms with E-state index in [9.17, 15) is 9.59 Å². The molecule has 0 spiro atoms. The van der Waals surface area contributed by atoms with Crippen molar-refractivity contribution < 1.29 is 23.8 Å². The number of halogens is 4. The Bertz CT molecular complexity index is 1410. The summed E-state index contributed by atoms with van der Waals surface area (Å²) in [4.78, 5) is 25.3. The van der Waals surface area contributed by atoms with Gasteiger partial charge in [0.1, 0.15) is 19.0 Å². The summed E-state index contributed by atoms with van der Waals surface area (Å²) in [6.45, 7) is 6.01. The minimum absolute atomic E-state index is 0.0662. The van der Waals surface area contributed by atoms with Gasteiger partial charge >= 0.3 is 5.97 Å². The molecule has 0 bridgehead atoms.